The summed E-state index contributed by atoms with van der Waals surface area (Å²) in [6, 6.07) is 2.34. The van der Waals surface area contributed by atoms with Gasteiger partial charge in [-0.15, -0.1) is 0 Å². The van der Waals surface area contributed by atoms with Crippen LogP contribution in [-0.2, 0) is 9.59 Å². The standard InChI is InChI=1S/C10H4Cl2FNO2/c11-6-3-5(4-7(12)10(6)13)14-8(15)1-2-9(14)16/h1-4H. The van der Waals surface area contributed by atoms with E-state index in [4.69, 9.17) is 23.2 Å². The molecule has 0 saturated heterocycles. The zero-order valence-electron chi connectivity index (χ0n) is 7.71. The SMILES string of the molecule is O=C1C=CC(=O)N1c1cc(Cl)c(F)c(Cl)c1. The van der Waals surface area contributed by atoms with E-state index in [0.717, 1.165) is 17.1 Å². The number of nitrogens with zero attached hydrogens (tertiary/aromatic N) is 1. The monoisotopic (exact) mass is 259 g/mol. The normalized spacial score (nSPS) is 15.1. The van der Waals surface area contributed by atoms with Gasteiger partial charge in [-0.05, 0) is 12.1 Å². The molecule has 0 aromatic heterocycles. The van der Waals surface area contributed by atoms with Crippen LogP contribution in [0.5, 0.6) is 0 Å². The second-order valence-corrected chi connectivity index (χ2v) is 3.88. The average molecular weight is 260 g/mol. The first kappa shape index (κ1) is 11.1. The minimum Gasteiger partial charge on any atom is -0.269 e. The summed E-state index contributed by atoms with van der Waals surface area (Å²) < 4.78 is 13.1. The summed E-state index contributed by atoms with van der Waals surface area (Å²) in [7, 11) is 0. The van der Waals surface area contributed by atoms with Crippen molar-refractivity contribution in [1.82, 2.24) is 0 Å². The van der Waals surface area contributed by atoms with Crippen molar-refractivity contribution < 1.29 is 14.0 Å². The highest BCUT2D eigenvalue weighted by Gasteiger charge is 2.26. The lowest BCUT2D eigenvalue weighted by molar-refractivity contribution is -0.119. The zero-order valence-corrected chi connectivity index (χ0v) is 9.22. The fraction of sp³-hybridized carbons (Fsp3) is 0. The maximum Gasteiger partial charge on any atom is 0.258 e. The molecule has 1 aliphatic rings. The van der Waals surface area contributed by atoms with Crippen LogP contribution in [0.1, 0.15) is 0 Å². The Morgan fingerprint density at radius 1 is 1.00 bits per heavy atom. The average Bonchev–Trinajstić information content (AvgIpc) is 2.54. The molecule has 16 heavy (non-hydrogen) atoms. The molecule has 1 aromatic carbocycles. The molecule has 2 amide bonds. The van der Waals surface area contributed by atoms with E-state index in [1.165, 1.54) is 12.1 Å². The molecule has 0 saturated carbocycles. The highest BCUT2D eigenvalue weighted by atomic mass is 35.5. The third-order valence-electron chi connectivity index (χ3n) is 2.04. The maximum atomic E-state index is 13.1. The molecule has 0 unspecified atom stereocenters. The van der Waals surface area contributed by atoms with Gasteiger partial charge in [0.2, 0.25) is 0 Å². The first-order valence-electron chi connectivity index (χ1n) is 4.21. The van der Waals surface area contributed by atoms with Gasteiger partial charge in [-0.3, -0.25) is 9.59 Å². The van der Waals surface area contributed by atoms with E-state index in [1.807, 2.05) is 0 Å². The van der Waals surface area contributed by atoms with Crippen molar-refractivity contribution in [2.75, 3.05) is 4.90 Å². The van der Waals surface area contributed by atoms with Crippen LogP contribution >= 0.6 is 23.2 Å². The van der Waals surface area contributed by atoms with Crippen molar-refractivity contribution in [1.29, 1.82) is 0 Å². The Hall–Kier alpha value is -1.39. The maximum absolute atomic E-state index is 13.1. The Labute approximate surface area is 100 Å². The molecule has 1 heterocycles. The van der Waals surface area contributed by atoms with Crippen LogP contribution in [0, 0.1) is 5.82 Å². The van der Waals surface area contributed by atoms with Crippen molar-refractivity contribution in [3.05, 3.63) is 40.1 Å². The van der Waals surface area contributed by atoms with Gasteiger partial charge in [-0.1, -0.05) is 23.2 Å². The smallest absolute Gasteiger partial charge is 0.258 e. The van der Waals surface area contributed by atoms with Crippen LogP contribution in [0.4, 0.5) is 10.1 Å². The fourth-order valence-corrected chi connectivity index (χ4v) is 1.80. The molecule has 0 bridgehead atoms. The predicted molar refractivity (Wildman–Crippen MR) is 58.1 cm³/mol. The molecule has 0 radical (unpaired) electrons. The third-order valence-corrected chi connectivity index (χ3v) is 2.59. The van der Waals surface area contributed by atoms with Gasteiger partial charge in [0.05, 0.1) is 15.7 Å². The summed E-state index contributed by atoms with van der Waals surface area (Å²) in [5, 5.41) is -0.481. The number of hydrogen-bond donors (Lipinski definition) is 0. The van der Waals surface area contributed by atoms with Gasteiger partial charge in [0.15, 0.2) is 5.82 Å². The number of halogens is 3. The summed E-state index contributed by atoms with van der Waals surface area (Å²) in [5.41, 5.74) is 0.149. The Morgan fingerprint density at radius 3 is 1.88 bits per heavy atom. The van der Waals surface area contributed by atoms with Crippen LogP contribution < -0.4 is 4.90 Å². The number of anilines is 1. The van der Waals surface area contributed by atoms with Crippen molar-refractivity contribution in [3.63, 3.8) is 0 Å². The molecule has 0 aliphatic carbocycles. The lowest BCUT2D eigenvalue weighted by Gasteiger charge is -2.14. The van der Waals surface area contributed by atoms with Gasteiger partial charge in [-0.2, -0.15) is 0 Å². The molecule has 0 atom stereocenters. The van der Waals surface area contributed by atoms with Crippen molar-refractivity contribution in [2.24, 2.45) is 0 Å². The summed E-state index contributed by atoms with van der Waals surface area (Å²) in [6.45, 7) is 0. The zero-order chi connectivity index (χ0) is 11.9. The predicted octanol–water partition coefficient (Wildman–Crippen LogP) is 2.56. The van der Waals surface area contributed by atoms with E-state index in [2.05, 4.69) is 0 Å². The summed E-state index contributed by atoms with van der Waals surface area (Å²) in [4.78, 5) is 23.5. The Kier molecular flexibility index (Phi) is 2.69. The minimum absolute atomic E-state index is 0.149. The second-order valence-electron chi connectivity index (χ2n) is 3.07. The van der Waals surface area contributed by atoms with Gasteiger partial charge in [-0.25, -0.2) is 9.29 Å². The van der Waals surface area contributed by atoms with E-state index in [-0.39, 0.29) is 15.7 Å². The number of rotatable bonds is 1. The van der Waals surface area contributed by atoms with E-state index in [1.54, 1.807) is 0 Å². The molecule has 6 heteroatoms. The second kappa shape index (κ2) is 3.88. The minimum atomic E-state index is -0.779. The Balaban J connectivity index is 2.50. The molecular formula is C10H4Cl2FNO2. The Bertz CT molecular complexity index is 487. The van der Waals surface area contributed by atoms with Crippen LogP contribution in [0.2, 0.25) is 10.0 Å². The first-order chi connectivity index (χ1) is 7.50. The van der Waals surface area contributed by atoms with Gasteiger partial charge >= 0.3 is 0 Å². The van der Waals surface area contributed by atoms with Gasteiger partial charge in [0.25, 0.3) is 11.8 Å². The summed E-state index contributed by atoms with van der Waals surface area (Å²) in [5.74, 6) is -1.80. The number of imide groups is 1. The van der Waals surface area contributed by atoms with E-state index in [0.29, 0.717) is 0 Å². The van der Waals surface area contributed by atoms with Crippen molar-refractivity contribution >= 4 is 40.7 Å². The number of benzene rings is 1. The lowest BCUT2D eigenvalue weighted by Crippen LogP contribution is -2.29. The van der Waals surface area contributed by atoms with Crippen LogP contribution in [0.15, 0.2) is 24.3 Å². The number of amides is 2. The molecule has 0 spiro atoms. The highest BCUT2D eigenvalue weighted by Crippen LogP contribution is 2.30. The topological polar surface area (TPSA) is 37.4 Å². The van der Waals surface area contributed by atoms with E-state index >= 15 is 0 Å². The van der Waals surface area contributed by atoms with Crippen molar-refractivity contribution in [3.8, 4) is 0 Å². The molecule has 1 aromatic rings. The highest BCUT2D eigenvalue weighted by molar-refractivity contribution is 6.36. The molecule has 0 fully saturated rings. The molecule has 0 N–H and O–H groups in total. The van der Waals surface area contributed by atoms with Crippen LogP contribution in [-0.4, -0.2) is 11.8 Å². The lowest BCUT2D eigenvalue weighted by atomic mass is 10.3. The van der Waals surface area contributed by atoms with Gasteiger partial charge in [0.1, 0.15) is 0 Å². The van der Waals surface area contributed by atoms with Crippen LogP contribution in [0.3, 0.4) is 0 Å². The molecule has 82 valence electrons. The number of hydrogen-bond acceptors (Lipinski definition) is 2. The summed E-state index contributed by atoms with van der Waals surface area (Å²) >= 11 is 11.1. The van der Waals surface area contributed by atoms with Gasteiger partial charge < -0.3 is 0 Å². The fourth-order valence-electron chi connectivity index (χ4n) is 1.33. The molecular weight excluding hydrogens is 256 g/mol. The largest absolute Gasteiger partial charge is 0.269 e. The first-order valence-corrected chi connectivity index (χ1v) is 4.97. The molecule has 2 rings (SSSR count). The van der Waals surface area contributed by atoms with Crippen molar-refractivity contribution in [2.45, 2.75) is 0 Å². The molecule has 3 nitrogen and oxygen atoms in total. The van der Waals surface area contributed by atoms with E-state index in [9.17, 15) is 14.0 Å². The third kappa shape index (κ3) is 1.70. The van der Waals surface area contributed by atoms with Crippen LogP contribution in [0.25, 0.3) is 0 Å². The number of carbonyl (C=O) groups is 2. The van der Waals surface area contributed by atoms with E-state index < -0.39 is 17.6 Å². The molecule has 1 aliphatic heterocycles. The number of carbonyl (C=O) groups excluding carboxylic acids is 2. The quantitative estimate of drug-likeness (QED) is 0.574. The summed E-state index contributed by atoms with van der Waals surface area (Å²) in [6.07, 6.45) is 2.24. The van der Waals surface area contributed by atoms with Gasteiger partial charge in [0, 0.05) is 12.2 Å². The Morgan fingerprint density at radius 2 is 1.44 bits per heavy atom.